The Balaban J connectivity index is 1.11. The largest absolute Gasteiger partial charge is 0.457 e. The number of anilines is 4. The standard InChI is InChI=1S/C76H47N11O2S/c1-5-26-50-42(18-1)38-78-74(86-50)76(75-79-40-57-73(87-75)81-41-80-57)68(56-39-77-52-28-7-8-29-53(52)82-56)66(48-23-15-22-44-43-19-2-6-27-51(43)83-70(44)48)65(47-24-16-35-61-71(47)84-54-30-9-13-34-60(54)89-61)67(49-25-17-37-63-72(49)85-55-31-10-14-36-62(55)90-63)69(76)64-45-20-3-11-32-58(45)88-59-33-12-4-21-46(59)64/h1-41,64,69,83-85H,(H,79,80,81,87). The molecule has 2 unspecified atom stereocenters. The van der Waals surface area contributed by atoms with Gasteiger partial charge in [-0.25, -0.2) is 29.9 Å². The third-order valence-corrected chi connectivity index (χ3v) is 19.4. The molecule has 0 spiro atoms. The molecule has 19 rings (SSSR count). The van der Waals surface area contributed by atoms with Crippen molar-refractivity contribution >= 4 is 112 Å². The number of aromatic nitrogens is 9. The quantitative estimate of drug-likeness (QED) is 0.120. The first-order valence-corrected chi connectivity index (χ1v) is 30.7. The van der Waals surface area contributed by atoms with Gasteiger partial charge in [-0.2, -0.15) is 0 Å². The highest BCUT2D eigenvalue weighted by molar-refractivity contribution is 7.99. The van der Waals surface area contributed by atoms with E-state index in [1.54, 1.807) is 18.1 Å². The number of hydrogen-bond acceptors (Lipinski definition) is 12. The van der Waals surface area contributed by atoms with Crippen molar-refractivity contribution in [2.45, 2.75) is 21.1 Å². The summed E-state index contributed by atoms with van der Waals surface area (Å²) in [4.78, 5) is 49.1. The molecule has 15 aromatic rings. The van der Waals surface area contributed by atoms with Crippen LogP contribution < -0.4 is 20.1 Å². The molecule has 0 bridgehead atoms. The minimum absolute atomic E-state index is 0.398. The first kappa shape index (κ1) is 50.4. The maximum Gasteiger partial charge on any atom is 0.180 e. The summed E-state index contributed by atoms with van der Waals surface area (Å²) in [5.74, 6) is 2.20. The van der Waals surface area contributed by atoms with Crippen LogP contribution in [0.25, 0.3) is 77.2 Å². The number of benzene rings is 10. The zero-order valence-electron chi connectivity index (χ0n) is 47.7. The number of aromatic amines is 2. The lowest BCUT2D eigenvalue weighted by molar-refractivity contribution is 0.369. The first-order chi connectivity index (χ1) is 44.6. The van der Waals surface area contributed by atoms with Crippen molar-refractivity contribution in [1.29, 1.82) is 0 Å². The molecule has 13 nitrogen and oxygen atoms in total. The van der Waals surface area contributed by atoms with Gasteiger partial charge in [0, 0.05) is 82.9 Å². The Bertz CT molecular complexity index is 5570. The number of nitrogens with one attached hydrogen (secondary N) is 4. The smallest absolute Gasteiger partial charge is 0.180 e. The molecule has 0 fully saturated rings. The monoisotopic (exact) mass is 1180 g/mol. The van der Waals surface area contributed by atoms with Crippen LogP contribution >= 0.6 is 11.8 Å². The van der Waals surface area contributed by atoms with Gasteiger partial charge in [0.2, 0.25) is 0 Å². The number of ether oxygens (including phenoxy) is 2. The van der Waals surface area contributed by atoms with Crippen molar-refractivity contribution in [3.8, 4) is 23.0 Å². The van der Waals surface area contributed by atoms with Gasteiger partial charge in [0.1, 0.15) is 34.1 Å². The second-order valence-corrected chi connectivity index (χ2v) is 24.1. The van der Waals surface area contributed by atoms with Crippen LogP contribution in [-0.4, -0.2) is 44.9 Å². The summed E-state index contributed by atoms with van der Waals surface area (Å²) in [7, 11) is 0. The summed E-state index contributed by atoms with van der Waals surface area (Å²) in [6.45, 7) is 0. The zero-order chi connectivity index (χ0) is 59.0. The fraction of sp³-hybridized carbons (Fsp3) is 0.0395. The maximum absolute atomic E-state index is 7.13. The Labute approximate surface area is 518 Å². The lowest BCUT2D eigenvalue weighted by Gasteiger charge is -2.51. The average molecular weight is 1180 g/mol. The van der Waals surface area contributed by atoms with E-state index < -0.39 is 17.3 Å². The van der Waals surface area contributed by atoms with Crippen LogP contribution in [0.5, 0.6) is 23.0 Å². The van der Waals surface area contributed by atoms with Crippen molar-refractivity contribution in [3.63, 3.8) is 0 Å². The fourth-order valence-corrected chi connectivity index (χ4v) is 15.5. The summed E-state index contributed by atoms with van der Waals surface area (Å²) in [5, 5.41) is 11.1. The summed E-state index contributed by atoms with van der Waals surface area (Å²) in [5.41, 5.74) is 15.5. The molecule has 2 atom stereocenters. The third kappa shape index (κ3) is 7.48. The number of imidazole rings is 1. The predicted octanol–water partition coefficient (Wildman–Crippen LogP) is 18.0. The summed E-state index contributed by atoms with van der Waals surface area (Å²) in [6.07, 6.45) is 7.39. The van der Waals surface area contributed by atoms with E-state index >= 15 is 0 Å². The molecule has 0 radical (unpaired) electrons. The second kappa shape index (κ2) is 19.6. The van der Waals surface area contributed by atoms with Crippen LogP contribution in [0.4, 0.5) is 22.7 Å². The molecule has 14 heteroatoms. The number of nitrogens with zero attached hydrogens (tertiary/aromatic N) is 7. The van der Waals surface area contributed by atoms with Crippen molar-refractivity contribution in [3.05, 3.63) is 295 Å². The molecular formula is C76H47N11O2S. The van der Waals surface area contributed by atoms with E-state index in [1.807, 2.05) is 91.4 Å². The van der Waals surface area contributed by atoms with Gasteiger partial charge in [0.25, 0.3) is 0 Å². The van der Waals surface area contributed by atoms with E-state index in [-0.39, 0.29) is 0 Å². The van der Waals surface area contributed by atoms with E-state index in [9.17, 15) is 0 Å². The van der Waals surface area contributed by atoms with Gasteiger partial charge < -0.3 is 30.1 Å². The molecule has 4 N–H and O–H groups in total. The highest BCUT2D eigenvalue weighted by Crippen LogP contribution is 2.69. The number of hydrogen-bond donors (Lipinski definition) is 4. The Morgan fingerprint density at radius 2 is 1.08 bits per heavy atom. The molecule has 0 saturated carbocycles. The van der Waals surface area contributed by atoms with E-state index in [1.165, 1.54) is 0 Å². The third-order valence-electron chi connectivity index (χ3n) is 18.2. The normalized spacial score (nSPS) is 16.6. The number of para-hydroxylation sites is 12. The van der Waals surface area contributed by atoms with Crippen LogP contribution in [0.15, 0.2) is 259 Å². The molecule has 5 aromatic heterocycles. The van der Waals surface area contributed by atoms with E-state index in [4.69, 9.17) is 44.4 Å². The lowest BCUT2D eigenvalue weighted by Crippen LogP contribution is -2.48. The molecule has 8 heterocycles. The minimum atomic E-state index is -1.69. The van der Waals surface area contributed by atoms with Crippen LogP contribution in [0.3, 0.4) is 0 Å². The van der Waals surface area contributed by atoms with Gasteiger partial charge >= 0.3 is 0 Å². The first-order valence-electron chi connectivity index (χ1n) is 29.9. The number of H-pyrrole nitrogens is 2. The Morgan fingerprint density at radius 3 is 1.97 bits per heavy atom. The SMILES string of the molecule is c1ccc2c(c1)Nc1c(cccc1C1=C(c3cccc4c3Nc3ccccc3S4)C(C3c4ccccc4Oc4ccccc43)C(c3ncc4ccccc4n3)(c3ncc4[nH]cnc4n3)C(c3cnc4ccccc4n3)=C1c1cccc3c1[nH]c1ccccc13)O2. The van der Waals surface area contributed by atoms with Crippen LogP contribution in [0.2, 0.25) is 0 Å². The van der Waals surface area contributed by atoms with Gasteiger partial charge in [-0.1, -0.05) is 163 Å². The van der Waals surface area contributed by atoms with Gasteiger partial charge in [0.05, 0.1) is 69.2 Å². The summed E-state index contributed by atoms with van der Waals surface area (Å²) < 4.78 is 14.2. The molecule has 10 aromatic carbocycles. The Kier molecular flexibility index (Phi) is 11.0. The number of fused-ring (bicyclic) bond motifs is 12. The highest BCUT2D eigenvalue weighted by atomic mass is 32.2. The fourth-order valence-electron chi connectivity index (χ4n) is 14.5. The van der Waals surface area contributed by atoms with E-state index in [0.29, 0.717) is 51.3 Å². The van der Waals surface area contributed by atoms with Crippen molar-refractivity contribution in [1.82, 2.24) is 44.9 Å². The summed E-state index contributed by atoms with van der Waals surface area (Å²) >= 11 is 1.75. The maximum atomic E-state index is 7.13. The van der Waals surface area contributed by atoms with Gasteiger partial charge in [-0.15, -0.1) is 0 Å². The van der Waals surface area contributed by atoms with Crippen molar-refractivity contribution in [2.75, 3.05) is 10.6 Å². The Hall–Kier alpha value is -11.7. The van der Waals surface area contributed by atoms with Crippen molar-refractivity contribution < 1.29 is 9.47 Å². The summed E-state index contributed by atoms with van der Waals surface area (Å²) in [6, 6.07) is 77.9. The van der Waals surface area contributed by atoms with Gasteiger partial charge in [0.15, 0.2) is 17.1 Å². The zero-order valence-corrected chi connectivity index (χ0v) is 48.5. The number of rotatable bonds is 7. The molecule has 1 aliphatic carbocycles. The molecule has 0 amide bonds. The highest BCUT2D eigenvalue weighted by Gasteiger charge is 2.62. The van der Waals surface area contributed by atoms with E-state index in [2.05, 4.69) is 172 Å². The van der Waals surface area contributed by atoms with E-state index in [0.717, 1.165) is 127 Å². The number of allylic oxidation sites excluding steroid dienone is 4. The molecule has 90 heavy (non-hydrogen) atoms. The molecule has 0 saturated heterocycles. The van der Waals surface area contributed by atoms with Crippen LogP contribution in [0.1, 0.15) is 51.1 Å². The lowest BCUT2D eigenvalue weighted by atomic mass is 9.51. The van der Waals surface area contributed by atoms with Crippen LogP contribution in [-0.2, 0) is 5.41 Å². The molecule has 3 aliphatic heterocycles. The average Bonchev–Trinajstić information content (AvgIpc) is 0.781. The molecule has 424 valence electrons. The van der Waals surface area contributed by atoms with Gasteiger partial charge in [-0.3, -0.25) is 4.98 Å². The Morgan fingerprint density at radius 1 is 0.433 bits per heavy atom. The van der Waals surface area contributed by atoms with Crippen LogP contribution in [0, 0.1) is 5.92 Å². The predicted molar refractivity (Wildman–Crippen MR) is 356 cm³/mol. The molecule has 4 aliphatic rings. The molecular weight excluding hydrogens is 1130 g/mol. The van der Waals surface area contributed by atoms with Crippen molar-refractivity contribution in [2.24, 2.45) is 5.92 Å². The topological polar surface area (TPSA) is 164 Å². The second-order valence-electron chi connectivity index (χ2n) is 23.0. The van der Waals surface area contributed by atoms with Gasteiger partial charge in [-0.05, 0) is 89.5 Å². The minimum Gasteiger partial charge on any atom is -0.457 e.